The second-order valence-electron chi connectivity index (χ2n) is 7.35. The van der Waals surface area contributed by atoms with Crippen LogP contribution in [0.5, 0.6) is 0 Å². The van der Waals surface area contributed by atoms with Crippen LogP contribution in [0.25, 0.3) is 0 Å². The highest BCUT2D eigenvalue weighted by Crippen LogP contribution is 2.18. The Morgan fingerprint density at radius 2 is 1.53 bits per heavy atom. The van der Waals surface area contributed by atoms with E-state index in [0.717, 1.165) is 23.1 Å². The number of nitrogens with one attached hydrogen (secondary N) is 3. The molecule has 0 heterocycles. The molecule has 3 aromatic rings. The molecule has 5 nitrogen and oxygen atoms in total. The van der Waals surface area contributed by atoms with Gasteiger partial charge in [-0.3, -0.25) is 10.1 Å². The first-order valence-corrected chi connectivity index (χ1v) is 10.0. The van der Waals surface area contributed by atoms with Crippen molar-refractivity contribution in [2.24, 2.45) is 0 Å². The Morgan fingerprint density at radius 1 is 0.867 bits per heavy atom. The van der Waals surface area contributed by atoms with E-state index in [1.165, 1.54) is 5.56 Å². The van der Waals surface area contributed by atoms with Crippen LogP contribution in [0.4, 0.5) is 10.5 Å². The van der Waals surface area contributed by atoms with E-state index in [2.05, 4.69) is 28.1 Å². The first-order valence-electron chi connectivity index (χ1n) is 10.0. The molecule has 30 heavy (non-hydrogen) atoms. The van der Waals surface area contributed by atoms with Crippen LogP contribution in [0.1, 0.15) is 28.3 Å². The number of aryl methyl sites for hydroxylation is 2. The minimum Gasteiger partial charge on any atom is -0.307 e. The van der Waals surface area contributed by atoms with Gasteiger partial charge in [0, 0.05) is 11.7 Å². The number of hydrogen-bond donors (Lipinski definition) is 3. The maximum Gasteiger partial charge on any atom is 0.325 e. The number of rotatable bonds is 7. The van der Waals surface area contributed by atoms with Crippen molar-refractivity contribution in [2.75, 3.05) is 11.9 Å². The summed E-state index contributed by atoms with van der Waals surface area (Å²) >= 11 is 0. The predicted octanol–water partition coefficient (Wildman–Crippen LogP) is 4.53. The first kappa shape index (κ1) is 21.3. The Bertz CT molecular complexity index is 988. The van der Waals surface area contributed by atoms with Gasteiger partial charge >= 0.3 is 6.03 Å². The Hall–Kier alpha value is -3.44. The van der Waals surface area contributed by atoms with E-state index in [1.807, 2.05) is 80.6 Å². The van der Waals surface area contributed by atoms with Gasteiger partial charge in [-0.1, -0.05) is 78.4 Å². The molecule has 0 aliphatic rings. The largest absolute Gasteiger partial charge is 0.325 e. The van der Waals surface area contributed by atoms with E-state index in [9.17, 15) is 9.59 Å². The lowest BCUT2D eigenvalue weighted by Crippen LogP contribution is -2.41. The van der Waals surface area contributed by atoms with Gasteiger partial charge in [0.05, 0.1) is 6.54 Å². The highest BCUT2D eigenvalue weighted by atomic mass is 16.2. The molecular formula is C25H27N3O2. The zero-order valence-electron chi connectivity index (χ0n) is 17.3. The molecule has 3 aromatic carbocycles. The van der Waals surface area contributed by atoms with Crippen LogP contribution in [-0.2, 0) is 11.2 Å². The molecule has 0 saturated carbocycles. The predicted molar refractivity (Wildman–Crippen MR) is 120 cm³/mol. The minimum atomic E-state index is -0.534. The van der Waals surface area contributed by atoms with Crippen LogP contribution in [-0.4, -0.2) is 18.5 Å². The standard InChI is InChI=1S/C25H27N3O2/c1-18-13-14-22(19(2)15-18)27-25(30)28-24(29)17-26-23(21-11-7-4-8-12-21)16-20-9-5-3-6-10-20/h3-15,23,26H,16-17H2,1-2H3,(H2,27,28,29,30). The number of amides is 3. The number of anilines is 1. The zero-order chi connectivity index (χ0) is 21.3. The van der Waals surface area contributed by atoms with Crippen LogP contribution in [0, 0.1) is 13.8 Å². The summed E-state index contributed by atoms with van der Waals surface area (Å²) in [6.07, 6.45) is 0.743. The van der Waals surface area contributed by atoms with Crippen molar-refractivity contribution in [3.05, 3.63) is 101 Å². The average Bonchev–Trinajstić information content (AvgIpc) is 2.74. The van der Waals surface area contributed by atoms with Gasteiger partial charge in [0.15, 0.2) is 0 Å². The molecule has 0 fully saturated rings. The van der Waals surface area contributed by atoms with Crippen molar-refractivity contribution in [3.63, 3.8) is 0 Å². The van der Waals surface area contributed by atoms with Gasteiger partial charge in [0.25, 0.3) is 0 Å². The lowest BCUT2D eigenvalue weighted by Gasteiger charge is -2.19. The van der Waals surface area contributed by atoms with Gasteiger partial charge in [-0.2, -0.15) is 0 Å². The fraction of sp³-hybridized carbons (Fsp3) is 0.200. The molecule has 0 aliphatic heterocycles. The monoisotopic (exact) mass is 401 g/mol. The molecule has 3 rings (SSSR count). The van der Waals surface area contributed by atoms with Crippen molar-refractivity contribution in [3.8, 4) is 0 Å². The second-order valence-corrected chi connectivity index (χ2v) is 7.35. The third-order valence-corrected chi connectivity index (χ3v) is 4.88. The highest BCUT2D eigenvalue weighted by molar-refractivity contribution is 6.02. The molecule has 1 atom stereocenters. The summed E-state index contributed by atoms with van der Waals surface area (Å²) in [5.41, 5.74) is 5.01. The summed E-state index contributed by atoms with van der Waals surface area (Å²) in [7, 11) is 0. The Labute approximate surface area is 177 Å². The van der Waals surface area contributed by atoms with E-state index in [1.54, 1.807) is 0 Å². The molecule has 1 unspecified atom stereocenters. The van der Waals surface area contributed by atoms with Crippen molar-refractivity contribution in [1.29, 1.82) is 0 Å². The van der Waals surface area contributed by atoms with Gasteiger partial charge in [0.2, 0.25) is 5.91 Å². The first-order chi connectivity index (χ1) is 14.5. The topological polar surface area (TPSA) is 70.2 Å². The lowest BCUT2D eigenvalue weighted by atomic mass is 9.99. The molecule has 0 aliphatic carbocycles. The van der Waals surface area contributed by atoms with Gasteiger partial charge in [0.1, 0.15) is 0 Å². The van der Waals surface area contributed by atoms with Crippen LogP contribution in [0.3, 0.4) is 0 Å². The maximum absolute atomic E-state index is 12.3. The third kappa shape index (κ3) is 6.29. The molecular weight excluding hydrogens is 374 g/mol. The van der Waals surface area contributed by atoms with Crippen molar-refractivity contribution < 1.29 is 9.59 Å². The molecule has 0 bridgehead atoms. The molecule has 0 spiro atoms. The van der Waals surface area contributed by atoms with E-state index >= 15 is 0 Å². The van der Waals surface area contributed by atoms with E-state index in [4.69, 9.17) is 0 Å². The molecule has 3 amide bonds. The SMILES string of the molecule is Cc1ccc(NC(=O)NC(=O)CNC(Cc2ccccc2)c2ccccc2)c(C)c1. The molecule has 3 N–H and O–H groups in total. The van der Waals surface area contributed by atoms with Gasteiger partial charge < -0.3 is 10.6 Å². The number of carbonyl (C=O) groups excluding carboxylic acids is 2. The molecule has 0 saturated heterocycles. The second kappa shape index (κ2) is 10.4. The van der Waals surface area contributed by atoms with Crippen molar-refractivity contribution in [1.82, 2.24) is 10.6 Å². The van der Waals surface area contributed by atoms with Gasteiger partial charge in [-0.05, 0) is 43.0 Å². The number of hydrogen-bond acceptors (Lipinski definition) is 3. The average molecular weight is 402 g/mol. The molecule has 154 valence electrons. The summed E-state index contributed by atoms with van der Waals surface area (Å²) in [6, 6.07) is 25.3. The van der Waals surface area contributed by atoms with Gasteiger partial charge in [-0.15, -0.1) is 0 Å². The quantitative estimate of drug-likeness (QED) is 0.545. The van der Waals surface area contributed by atoms with E-state index in [0.29, 0.717) is 5.69 Å². The summed E-state index contributed by atoms with van der Waals surface area (Å²) < 4.78 is 0. The number of benzene rings is 3. The maximum atomic E-state index is 12.3. The Morgan fingerprint density at radius 3 is 2.20 bits per heavy atom. The van der Waals surface area contributed by atoms with E-state index in [-0.39, 0.29) is 18.5 Å². The highest BCUT2D eigenvalue weighted by Gasteiger charge is 2.15. The van der Waals surface area contributed by atoms with Crippen molar-refractivity contribution >= 4 is 17.6 Å². The summed E-state index contributed by atoms with van der Waals surface area (Å²) in [4.78, 5) is 24.5. The fourth-order valence-corrected chi connectivity index (χ4v) is 3.34. The van der Waals surface area contributed by atoms with Crippen LogP contribution < -0.4 is 16.0 Å². The molecule has 0 radical (unpaired) electrons. The smallest absolute Gasteiger partial charge is 0.307 e. The summed E-state index contributed by atoms with van der Waals surface area (Å²) in [5, 5.41) is 8.40. The lowest BCUT2D eigenvalue weighted by molar-refractivity contribution is -0.119. The molecule has 0 aromatic heterocycles. The Kier molecular flexibility index (Phi) is 7.35. The summed E-state index contributed by atoms with van der Waals surface area (Å²) in [6.45, 7) is 3.94. The molecule has 5 heteroatoms. The number of carbonyl (C=O) groups is 2. The fourth-order valence-electron chi connectivity index (χ4n) is 3.34. The number of imide groups is 1. The van der Waals surface area contributed by atoms with Gasteiger partial charge in [-0.25, -0.2) is 4.79 Å². The Balaban J connectivity index is 1.57. The third-order valence-electron chi connectivity index (χ3n) is 4.88. The van der Waals surface area contributed by atoms with E-state index < -0.39 is 6.03 Å². The number of urea groups is 1. The summed E-state index contributed by atoms with van der Waals surface area (Å²) in [5.74, 6) is -0.383. The van der Waals surface area contributed by atoms with Crippen molar-refractivity contribution in [2.45, 2.75) is 26.3 Å². The normalized spacial score (nSPS) is 11.5. The van der Waals surface area contributed by atoms with Crippen LogP contribution in [0.2, 0.25) is 0 Å². The van der Waals surface area contributed by atoms with Crippen LogP contribution in [0.15, 0.2) is 78.9 Å². The van der Waals surface area contributed by atoms with Crippen LogP contribution >= 0.6 is 0 Å². The minimum absolute atomic E-state index is 0.0344. The zero-order valence-corrected chi connectivity index (χ0v) is 17.3.